The minimum atomic E-state index is -0.642. The van der Waals surface area contributed by atoms with Crippen LogP contribution in [0, 0.1) is 5.92 Å². The lowest BCUT2D eigenvalue weighted by molar-refractivity contribution is -0.139. The molecule has 1 aliphatic heterocycles. The predicted molar refractivity (Wildman–Crippen MR) is 175 cm³/mol. The van der Waals surface area contributed by atoms with Crippen molar-refractivity contribution in [2.45, 2.75) is 95.9 Å². The molecule has 3 aliphatic rings. The molecule has 3 fully saturated rings. The van der Waals surface area contributed by atoms with Gasteiger partial charge in [0.15, 0.2) is 0 Å². The number of carbonyl (C=O) groups is 2. The van der Waals surface area contributed by atoms with Crippen LogP contribution in [0.1, 0.15) is 81.9 Å². The molecule has 1 aromatic heterocycles. The molecule has 1 saturated heterocycles. The summed E-state index contributed by atoms with van der Waals surface area (Å²) >= 11 is 0. The maximum Gasteiger partial charge on any atom is 0.410 e. The lowest BCUT2D eigenvalue weighted by atomic mass is 9.79. The molecule has 2 heterocycles. The average Bonchev–Trinajstić information content (AvgIpc) is 3.94. The number of aromatic nitrogens is 1. The molecule has 252 valence electrons. The predicted octanol–water partition coefficient (Wildman–Crippen LogP) is 5.05. The lowest BCUT2D eigenvalue weighted by Crippen LogP contribution is -2.51. The third kappa shape index (κ3) is 9.58. The van der Waals surface area contributed by atoms with Crippen LogP contribution >= 0.6 is 0 Å². The molecule has 0 unspecified atom stereocenters. The molecule has 2 aromatic rings. The summed E-state index contributed by atoms with van der Waals surface area (Å²) in [6.45, 7) is 8.37. The number of likely N-dealkylation sites (tertiary alicyclic amines) is 1. The molecule has 10 heteroatoms. The number of methoxy groups -OCH3 is 1. The van der Waals surface area contributed by atoms with Gasteiger partial charge in [-0.3, -0.25) is 9.59 Å². The van der Waals surface area contributed by atoms with E-state index in [0.717, 1.165) is 61.0 Å². The van der Waals surface area contributed by atoms with Gasteiger partial charge in [0.05, 0.1) is 18.6 Å². The number of pyridine rings is 1. The van der Waals surface area contributed by atoms with Crippen molar-refractivity contribution in [3.63, 3.8) is 0 Å². The molecule has 0 N–H and O–H groups in total. The summed E-state index contributed by atoms with van der Waals surface area (Å²) in [5.74, 6) is 0.0898. The van der Waals surface area contributed by atoms with E-state index < -0.39 is 17.6 Å². The molecular weight excluding hydrogens is 586 g/mol. The summed E-state index contributed by atoms with van der Waals surface area (Å²) in [5.41, 5.74) is 2.24. The van der Waals surface area contributed by atoms with Gasteiger partial charge in [0.1, 0.15) is 18.0 Å². The number of piperidine rings is 1. The molecule has 0 spiro atoms. The van der Waals surface area contributed by atoms with Crippen LogP contribution in [0.25, 0.3) is 0 Å². The molecule has 10 nitrogen and oxygen atoms in total. The maximum atomic E-state index is 14.6. The molecule has 2 aliphatic carbocycles. The SMILES string of the molecule is COCCCc1cc(CN(C(=O)[C@H]2CN(C(=O)OC(C)(C)C)CC[C@@H]2c2ccn(C)c(=O)c2)C2CC2)cc(OCCOC2CC2)c1. The highest BCUT2D eigenvalue weighted by Gasteiger charge is 2.43. The highest BCUT2D eigenvalue weighted by atomic mass is 16.6. The number of benzene rings is 1. The Morgan fingerprint density at radius 3 is 2.41 bits per heavy atom. The fourth-order valence-electron chi connectivity index (χ4n) is 6.15. The summed E-state index contributed by atoms with van der Waals surface area (Å²) in [5, 5.41) is 0. The zero-order valence-electron chi connectivity index (χ0n) is 28.2. The minimum absolute atomic E-state index is 0.00604. The van der Waals surface area contributed by atoms with E-state index >= 15 is 0 Å². The summed E-state index contributed by atoms with van der Waals surface area (Å²) in [6.07, 6.45) is 8.16. The number of aryl methyl sites for hydroxylation is 2. The number of hydrogen-bond acceptors (Lipinski definition) is 7. The Balaban J connectivity index is 1.39. The van der Waals surface area contributed by atoms with E-state index in [4.69, 9.17) is 18.9 Å². The van der Waals surface area contributed by atoms with Gasteiger partial charge in [-0.25, -0.2) is 4.79 Å². The average molecular weight is 638 g/mol. The van der Waals surface area contributed by atoms with Crippen LogP contribution < -0.4 is 10.3 Å². The van der Waals surface area contributed by atoms with Crippen molar-refractivity contribution in [3.8, 4) is 5.75 Å². The number of ether oxygens (including phenoxy) is 4. The van der Waals surface area contributed by atoms with Crippen molar-refractivity contribution in [1.82, 2.24) is 14.4 Å². The van der Waals surface area contributed by atoms with Crippen LogP contribution in [0.5, 0.6) is 5.75 Å². The quantitative estimate of drug-likeness (QED) is 0.267. The van der Waals surface area contributed by atoms with E-state index in [1.807, 2.05) is 37.8 Å². The molecule has 0 radical (unpaired) electrons. The van der Waals surface area contributed by atoms with Crippen molar-refractivity contribution in [2.75, 3.05) is 40.0 Å². The highest BCUT2D eigenvalue weighted by molar-refractivity contribution is 5.82. The summed E-state index contributed by atoms with van der Waals surface area (Å²) in [7, 11) is 3.43. The van der Waals surface area contributed by atoms with E-state index in [2.05, 4.69) is 12.1 Å². The number of carbonyl (C=O) groups excluding carboxylic acids is 2. The van der Waals surface area contributed by atoms with Gasteiger partial charge in [0.2, 0.25) is 5.91 Å². The second-order valence-corrected chi connectivity index (χ2v) is 14.0. The van der Waals surface area contributed by atoms with Crippen LogP contribution in [0.3, 0.4) is 0 Å². The Morgan fingerprint density at radius 2 is 1.74 bits per heavy atom. The van der Waals surface area contributed by atoms with Gasteiger partial charge in [-0.2, -0.15) is 0 Å². The maximum absolute atomic E-state index is 14.6. The molecule has 0 bridgehead atoms. The van der Waals surface area contributed by atoms with Crippen LogP contribution in [-0.4, -0.2) is 84.1 Å². The van der Waals surface area contributed by atoms with E-state index in [-0.39, 0.29) is 30.0 Å². The standard InChI is InChI=1S/C36H51N3O7/c1-36(2,3)46-35(42)38-15-13-31(27-12-14-37(4)33(40)22-27)32(24-38)34(41)39(28-8-9-28)23-26-19-25(7-6-16-43-5)20-30(21-26)45-18-17-44-29-10-11-29/h12,14,19-22,28-29,31-32H,6-11,13,15-18,23-24H2,1-5H3/t31-,32+/m1/s1. The Kier molecular flexibility index (Phi) is 11.1. The first-order chi connectivity index (χ1) is 22.0. The first-order valence-corrected chi connectivity index (χ1v) is 16.8. The third-order valence-electron chi connectivity index (χ3n) is 8.83. The lowest BCUT2D eigenvalue weighted by Gasteiger charge is -2.40. The van der Waals surface area contributed by atoms with E-state index in [9.17, 15) is 14.4 Å². The van der Waals surface area contributed by atoms with Crippen molar-refractivity contribution in [1.29, 1.82) is 0 Å². The van der Waals surface area contributed by atoms with Crippen molar-refractivity contribution >= 4 is 12.0 Å². The van der Waals surface area contributed by atoms with Crippen molar-refractivity contribution < 1.29 is 28.5 Å². The van der Waals surface area contributed by atoms with Crippen molar-refractivity contribution in [3.05, 3.63) is 63.6 Å². The molecule has 1 aromatic carbocycles. The monoisotopic (exact) mass is 637 g/mol. The Bertz CT molecular complexity index is 1410. The number of hydrogen-bond donors (Lipinski definition) is 0. The van der Waals surface area contributed by atoms with Crippen molar-refractivity contribution in [2.24, 2.45) is 13.0 Å². The molecular formula is C36H51N3O7. The molecule has 5 rings (SSSR count). The van der Waals surface area contributed by atoms with E-state index in [0.29, 0.717) is 45.4 Å². The normalized spacial score (nSPS) is 20.0. The van der Waals surface area contributed by atoms with E-state index in [1.54, 1.807) is 31.3 Å². The van der Waals surface area contributed by atoms with Gasteiger partial charge in [-0.05, 0) is 107 Å². The zero-order valence-corrected chi connectivity index (χ0v) is 28.2. The Hall–Kier alpha value is -3.37. The summed E-state index contributed by atoms with van der Waals surface area (Å²) in [6, 6.07) is 9.98. The second-order valence-electron chi connectivity index (χ2n) is 14.0. The first-order valence-electron chi connectivity index (χ1n) is 16.8. The number of amides is 2. The van der Waals surface area contributed by atoms with E-state index in [1.165, 1.54) is 4.57 Å². The molecule has 2 amide bonds. The van der Waals surface area contributed by atoms with Gasteiger partial charge in [0.25, 0.3) is 5.56 Å². The van der Waals surface area contributed by atoms with Crippen LogP contribution in [0.2, 0.25) is 0 Å². The minimum Gasteiger partial charge on any atom is -0.491 e. The third-order valence-corrected chi connectivity index (χ3v) is 8.83. The second kappa shape index (κ2) is 15.0. The molecule has 46 heavy (non-hydrogen) atoms. The smallest absolute Gasteiger partial charge is 0.410 e. The van der Waals surface area contributed by atoms with Gasteiger partial charge >= 0.3 is 6.09 Å². The van der Waals surface area contributed by atoms with Gasteiger partial charge in [-0.15, -0.1) is 0 Å². The van der Waals surface area contributed by atoms with Crippen LogP contribution in [0.15, 0.2) is 41.3 Å². The number of nitrogens with zero attached hydrogens (tertiary/aromatic N) is 3. The molecule has 2 atom stereocenters. The number of rotatable bonds is 14. The largest absolute Gasteiger partial charge is 0.491 e. The summed E-state index contributed by atoms with van der Waals surface area (Å²) < 4.78 is 24.4. The Labute approximate surface area is 272 Å². The van der Waals surface area contributed by atoms with Gasteiger partial charge in [-0.1, -0.05) is 6.07 Å². The topological polar surface area (TPSA) is 99.5 Å². The zero-order chi connectivity index (χ0) is 32.8. The highest BCUT2D eigenvalue weighted by Crippen LogP contribution is 2.38. The fourth-order valence-corrected chi connectivity index (χ4v) is 6.15. The van der Waals surface area contributed by atoms with Crippen LogP contribution in [0.4, 0.5) is 4.79 Å². The van der Waals surface area contributed by atoms with Gasteiger partial charge < -0.3 is 33.3 Å². The van der Waals surface area contributed by atoms with Crippen LogP contribution in [-0.2, 0) is 39.0 Å². The fraction of sp³-hybridized carbons (Fsp3) is 0.639. The first kappa shape index (κ1) is 34.0. The Morgan fingerprint density at radius 1 is 0.978 bits per heavy atom. The summed E-state index contributed by atoms with van der Waals surface area (Å²) in [4.78, 5) is 44.1. The van der Waals surface area contributed by atoms with Gasteiger partial charge in [0, 0.05) is 58.7 Å². The molecule has 2 saturated carbocycles.